The van der Waals surface area contributed by atoms with Crippen molar-refractivity contribution in [2.75, 3.05) is 6.54 Å². The summed E-state index contributed by atoms with van der Waals surface area (Å²) in [6.07, 6.45) is 1.14. The first-order chi connectivity index (χ1) is 12.0. The molecular weight excluding hydrogens is 323 g/mol. The number of hydrogen-bond acceptors (Lipinski definition) is 3. The molecule has 2 aromatic rings. The van der Waals surface area contributed by atoms with Gasteiger partial charge in [-0.25, -0.2) is 9.18 Å². The lowest BCUT2D eigenvalue weighted by atomic mass is 9.92. The molecule has 0 radical (unpaired) electrons. The molecule has 1 saturated heterocycles. The van der Waals surface area contributed by atoms with Crippen LogP contribution >= 0.6 is 0 Å². The highest BCUT2D eigenvalue weighted by Crippen LogP contribution is 2.41. The molecule has 1 fully saturated rings. The SMILES string of the molecule is O=C(CN1C(=O)N[C@]2(CCc3ccccc32)C1=O)c1ccccc1F. The molecule has 0 aromatic heterocycles. The van der Waals surface area contributed by atoms with Crippen molar-refractivity contribution >= 4 is 17.7 Å². The van der Waals surface area contributed by atoms with Gasteiger partial charge < -0.3 is 5.32 Å². The van der Waals surface area contributed by atoms with Gasteiger partial charge in [-0.1, -0.05) is 36.4 Å². The predicted molar refractivity (Wildman–Crippen MR) is 87.4 cm³/mol. The van der Waals surface area contributed by atoms with Gasteiger partial charge in [0.2, 0.25) is 0 Å². The third-order valence-electron chi connectivity index (χ3n) is 4.90. The van der Waals surface area contributed by atoms with Gasteiger partial charge in [0.05, 0.1) is 12.1 Å². The first kappa shape index (κ1) is 15.5. The van der Waals surface area contributed by atoms with E-state index in [4.69, 9.17) is 0 Å². The van der Waals surface area contributed by atoms with Crippen LogP contribution in [0, 0.1) is 5.82 Å². The Hall–Kier alpha value is -3.02. The second-order valence-electron chi connectivity index (χ2n) is 6.29. The number of ketones is 1. The van der Waals surface area contributed by atoms with Crippen molar-refractivity contribution in [1.29, 1.82) is 0 Å². The van der Waals surface area contributed by atoms with Gasteiger partial charge in [-0.05, 0) is 36.1 Å². The van der Waals surface area contributed by atoms with Crippen LogP contribution in [0.4, 0.5) is 9.18 Å². The van der Waals surface area contributed by atoms with Gasteiger partial charge in [0.15, 0.2) is 5.78 Å². The van der Waals surface area contributed by atoms with Crippen LogP contribution in [-0.4, -0.2) is 29.2 Å². The largest absolute Gasteiger partial charge is 0.325 e. The van der Waals surface area contributed by atoms with Crippen molar-refractivity contribution < 1.29 is 18.8 Å². The summed E-state index contributed by atoms with van der Waals surface area (Å²) in [5.41, 5.74) is 0.548. The number of urea groups is 1. The lowest BCUT2D eigenvalue weighted by Crippen LogP contribution is -2.42. The number of fused-ring (bicyclic) bond motifs is 2. The Kier molecular flexibility index (Phi) is 3.42. The van der Waals surface area contributed by atoms with Crippen molar-refractivity contribution in [2.45, 2.75) is 18.4 Å². The zero-order valence-corrected chi connectivity index (χ0v) is 13.3. The molecule has 3 amide bonds. The summed E-state index contributed by atoms with van der Waals surface area (Å²) in [5, 5.41) is 2.75. The van der Waals surface area contributed by atoms with Crippen molar-refractivity contribution in [2.24, 2.45) is 0 Å². The highest BCUT2D eigenvalue weighted by Gasteiger charge is 2.55. The Morgan fingerprint density at radius 3 is 2.64 bits per heavy atom. The molecule has 0 unspecified atom stereocenters. The standard InChI is InChI=1S/C19H15FN2O3/c20-15-8-4-2-6-13(15)16(23)11-22-17(24)19(21-18(22)25)10-9-12-5-1-3-7-14(12)19/h1-8H,9-11H2,(H,21,25)/t19-/m0/s1. The highest BCUT2D eigenvalue weighted by molar-refractivity contribution is 6.11. The van der Waals surface area contributed by atoms with E-state index in [1.807, 2.05) is 24.3 Å². The van der Waals surface area contributed by atoms with E-state index in [2.05, 4.69) is 5.32 Å². The third-order valence-corrected chi connectivity index (χ3v) is 4.90. The fraction of sp³-hybridized carbons (Fsp3) is 0.211. The quantitative estimate of drug-likeness (QED) is 0.690. The average Bonchev–Trinajstić information content (AvgIpc) is 3.09. The van der Waals surface area contributed by atoms with Crippen LogP contribution in [0.3, 0.4) is 0 Å². The molecular formula is C19H15FN2O3. The van der Waals surface area contributed by atoms with Gasteiger partial charge >= 0.3 is 6.03 Å². The zero-order chi connectivity index (χ0) is 17.6. The molecule has 5 nitrogen and oxygen atoms in total. The maximum Gasteiger partial charge on any atom is 0.325 e. The van der Waals surface area contributed by atoms with Crippen molar-refractivity contribution in [3.63, 3.8) is 0 Å². The Bertz CT molecular complexity index is 911. The summed E-state index contributed by atoms with van der Waals surface area (Å²) in [4.78, 5) is 38.5. The Morgan fingerprint density at radius 1 is 1.12 bits per heavy atom. The van der Waals surface area contributed by atoms with Gasteiger partial charge in [0.25, 0.3) is 5.91 Å². The number of carbonyl (C=O) groups excluding carboxylic acids is 3. The Labute approximate surface area is 143 Å². The van der Waals surface area contributed by atoms with Crippen molar-refractivity contribution in [3.05, 3.63) is 71.0 Å². The molecule has 4 rings (SSSR count). The van der Waals surface area contributed by atoms with Crippen LogP contribution in [0.5, 0.6) is 0 Å². The molecule has 1 aliphatic heterocycles. The lowest BCUT2D eigenvalue weighted by Gasteiger charge is -2.22. The first-order valence-corrected chi connectivity index (χ1v) is 8.03. The van der Waals surface area contributed by atoms with E-state index in [0.29, 0.717) is 12.8 Å². The lowest BCUT2D eigenvalue weighted by molar-refractivity contribution is -0.131. The molecule has 25 heavy (non-hydrogen) atoms. The Balaban J connectivity index is 1.63. The molecule has 1 spiro atoms. The van der Waals surface area contributed by atoms with E-state index in [1.54, 1.807) is 0 Å². The van der Waals surface area contributed by atoms with Gasteiger partial charge in [-0.15, -0.1) is 0 Å². The summed E-state index contributed by atoms with van der Waals surface area (Å²) in [6, 6.07) is 12.4. The fourth-order valence-corrected chi connectivity index (χ4v) is 3.65. The van der Waals surface area contributed by atoms with Crippen LogP contribution in [-0.2, 0) is 16.8 Å². The number of imide groups is 1. The minimum atomic E-state index is -1.11. The number of Topliss-reactive ketones (excluding diaryl/α,β-unsaturated/α-hetero) is 1. The number of halogens is 1. The molecule has 1 atom stereocenters. The normalized spacial score (nSPS) is 21.6. The van der Waals surface area contributed by atoms with Crippen molar-refractivity contribution in [3.8, 4) is 0 Å². The van der Waals surface area contributed by atoms with E-state index in [-0.39, 0.29) is 5.56 Å². The van der Waals surface area contributed by atoms with Crippen LogP contribution in [0.15, 0.2) is 48.5 Å². The molecule has 0 saturated carbocycles. The number of nitrogens with one attached hydrogen (secondary N) is 1. The molecule has 2 aliphatic rings. The number of amides is 3. The zero-order valence-electron chi connectivity index (χ0n) is 13.3. The van der Waals surface area contributed by atoms with Crippen LogP contribution < -0.4 is 5.32 Å². The summed E-state index contributed by atoms with van der Waals surface area (Å²) in [7, 11) is 0. The number of nitrogens with zero attached hydrogens (tertiary/aromatic N) is 1. The second-order valence-corrected chi connectivity index (χ2v) is 6.29. The third kappa shape index (κ3) is 2.25. The smallest absolute Gasteiger partial charge is 0.319 e. The van der Waals surface area contributed by atoms with Gasteiger partial charge in [0, 0.05) is 0 Å². The van der Waals surface area contributed by atoms with Gasteiger partial charge in [-0.3, -0.25) is 14.5 Å². The average molecular weight is 338 g/mol. The fourth-order valence-electron chi connectivity index (χ4n) is 3.65. The van der Waals surface area contributed by atoms with E-state index in [9.17, 15) is 18.8 Å². The molecule has 2 aromatic carbocycles. The maximum atomic E-state index is 13.8. The minimum Gasteiger partial charge on any atom is -0.319 e. The van der Waals surface area contributed by atoms with E-state index < -0.39 is 35.6 Å². The summed E-state index contributed by atoms with van der Waals surface area (Å²) < 4.78 is 13.8. The molecule has 6 heteroatoms. The van der Waals surface area contributed by atoms with Crippen LogP contribution in [0.25, 0.3) is 0 Å². The first-order valence-electron chi connectivity index (χ1n) is 8.03. The Morgan fingerprint density at radius 2 is 1.84 bits per heavy atom. The molecule has 1 aliphatic carbocycles. The van der Waals surface area contributed by atoms with Gasteiger partial charge in [0.1, 0.15) is 11.4 Å². The van der Waals surface area contributed by atoms with Crippen molar-refractivity contribution in [1.82, 2.24) is 10.2 Å². The molecule has 126 valence electrons. The van der Waals surface area contributed by atoms with E-state index in [0.717, 1.165) is 16.0 Å². The topological polar surface area (TPSA) is 66.5 Å². The maximum absolute atomic E-state index is 13.8. The number of hydrogen-bond donors (Lipinski definition) is 1. The predicted octanol–water partition coefficient (Wildman–Crippen LogP) is 2.40. The summed E-state index contributed by atoms with van der Waals surface area (Å²) >= 11 is 0. The summed E-state index contributed by atoms with van der Waals surface area (Å²) in [5.74, 6) is -1.72. The van der Waals surface area contributed by atoms with Crippen LogP contribution in [0.1, 0.15) is 27.9 Å². The van der Waals surface area contributed by atoms with Gasteiger partial charge in [-0.2, -0.15) is 0 Å². The molecule has 1 N–H and O–H groups in total. The second kappa shape index (κ2) is 5.51. The van der Waals surface area contributed by atoms with E-state index >= 15 is 0 Å². The summed E-state index contributed by atoms with van der Waals surface area (Å²) in [6.45, 7) is -0.477. The number of aryl methyl sites for hydroxylation is 1. The molecule has 1 heterocycles. The minimum absolute atomic E-state index is 0.129. The van der Waals surface area contributed by atoms with E-state index in [1.165, 1.54) is 24.3 Å². The molecule has 0 bridgehead atoms. The number of rotatable bonds is 3. The monoisotopic (exact) mass is 338 g/mol. The highest BCUT2D eigenvalue weighted by atomic mass is 19.1. The van der Waals surface area contributed by atoms with Crippen LogP contribution in [0.2, 0.25) is 0 Å². The number of benzene rings is 2. The number of carbonyl (C=O) groups is 3.